The van der Waals surface area contributed by atoms with Gasteiger partial charge in [0.25, 0.3) is 0 Å². The van der Waals surface area contributed by atoms with E-state index >= 15 is 0 Å². The highest BCUT2D eigenvalue weighted by molar-refractivity contribution is 6.03. The van der Waals surface area contributed by atoms with E-state index < -0.39 is 0 Å². The Kier molecular flexibility index (Phi) is 4.91. The molecule has 140 valence electrons. The molecule has 0 unspecified atom stereocenters. The molecule has 0 atom stereocenters. The second kappa shape index (κ2) is 7.65. The number of hydrogen-bond acceptors (Lipinski definition) is 7. The van der Waals surface area contributed by atoms with Gasteiger partial charge < -0.3 is 25.8 Å². The summed E-state index contributed by atoms with van der Waals surface area (Å²) in [6.07, 6.45) is 2.25. The summed E-state index contributed by atoms with van der Waals surface area (Å²) in [6, 6.07) is 13.4. The summed E-state index contributed by atoms with van der Waals surface area (Å²) in [7, 11) is 0. The number of hydrazone groups is 1. The van der Waals surface area contributed by atoms with Gasteiger partial charge in [-0.2, -0.15) is 5.10 Å². The second-order valence-electron chi connectivity index (χ2n) is 6.46. The van der Waals surface area contributed by atoms with Gasteiger partial charge in [-0.25, -0.2) is 5.84 Å². The molecule has 3 aromatic rings. The summed E-state index contributed by atoms with van der Waals surface area (Å²) in [6.45, 7) is 1.97. The number of nitrogens with two attached hydrogens (primary N) is 2. The largest absolute Gasteiger partial charge is 0.490 e. The van der Waals surface area contributed by atoms with Crippen LogP contribution in [0.5, 0.6) is 5.75 Å². The Labute approximate surface area is 156 Å². The number of aromatic nitrogens is 1. The lowest BCUT2D eigenvalue weighted by atomic mass is 10.1. The van der Waals surface area contributed by atoms with Crippen LogP contribution in [0.3, 0.4) is 0 Å². The smallest absolute Gasteiger partial charge is 0.174 e. The Morgan fingerprint density at radius 2 is 2.07 bits per heavy atom. The first-order valence-electron chi connectivity index (χ1n) is 8.90. The van der Waals surface area contributed by atoms with E-state index in [1.54, 1.807) is 0 Å². The Hall–Kier alpha value is -3.10. The lowest BCUT2D eigenvalue weighted by molar-refractivity contribution is 0.162. The van der Waals surface area contributed by atoms with Crippen LogP contribution in [-0.2, 0) is 0 Å². The fraction of sp³-hybridized carbons (Fsp3) is 0.263. The van der Waals surface area contributed by atoms with E-state index in [0.717, 1.165) is 53.7 Å². The van der Waals surface area contributed by atoms with Crippen molar-refractivity contribution in [3.63, 3.8) is 0 Å². The van der Waals surface area contributed by atoms with Crippen LogP contribution in [0, 0.1) is 0 Å². The second-order valence-corrected chi connectivity index (χ2v) is 6.46. The fourth-order valence-electron chi connectivity index (χ4n) is 3.31. The number of amidine groups is 1. The minimum atomic E-state index is 0.235. The van der Waals surface area contributed by atoms with E-state index in [1.807, 2.05) is 42.5 Å². The number of benzene rings is 2. The van der Waals surface area contributed by atoms with Crippen LogP contribution >= 0.6 is 0 Å². The van der Waals surface area contributed by atoms with Crippen LogP contribution in [0.15, 0.2) is 52.1 Å². The minimum absolute atomic E-state index is 0.235. The number of ether oxygens (including phenoxy) is 1. The fourth-order valence-corrected chi connectivity index (χ4v) is 3.31. The molecule has 0 aliphatic carbocycles. The normalized spacial score (nSPS) is 15.8. The molecule has 1 aliphatic heterocycles. The number of rotatable bonds is 4. The van der Waals surface area contributed by atoms with Gasteiger partial charge in [-0.3, -0.25) is 0 Å². The molecule has 2 aromatic carbocycles. The van der Waals surface area contributed by atoms with Crippen LogP contribution in [0.1, 0.15) is 18.4 Å². The molecule has 1 fully saturated rings. The van der Waals surface area contributed by atoms with Crippen molar-refractivity contribution in [2.45, 2.75) is 18.9 Å². The SMILES string of the molecule is NN=C(NN)c1ccc2noc(-c3cccc(OC4CCNCC4)c3)c2c1. The topological polar surface area (TPSA) is 124 Å². The van der Waals surface area contributed by atoms with Crippen molar-refractivity contribution in [3.05, 3.63) is 48.0 Å². The van der Waals surface area contributed by atoms with Gasteiger partial charge in [0.2, 0.25) is 0 Å². The van der Waals surface area contributed by atoms with E-state index in [0.29, 0.717) is 11.6 Å². The monoisotopic (exact) mass is 366 g/mol. The first kappa shape index (κ1) is 17.3. The van der Waals surface area contributed by atoms with Gasteiger partial charge in [-0.15, -0.1) is 0 Å². The Morgan fingerprint density at radius 3 is 2.85 bits per heavy atom. The summed E-state index contributed by atoms with van der Waals surface area (Å²) >= 11 is 0. The third kappa shape index (κ3) is 3.57. The predicted molar refractivity (Wildman–Crippen MR) is 104 cm³/mol. The molecule has 6 N–H and O–H groups in total. The minimum Gasteiger partial charge on any atom is -0.490 e. The van der Waals surface area contributed by atoms with Crippen molar-refractivity contribution in [3.8, 4) is 17.1 Å². The zero-order valence-electron chi connectivity index (χ0n) is 14.8. The van der Waals surface area contributed by atoms with Crippen LogP contribution in [0.25, 0.3) is 22.2 Å². The van der Waals surface area contributed by atoms with Crippen molar-refractivity contribution < 1.29 is 9.26 Å². The molecule has 0 bridgehead atoms. The molecule has 0 radical (unpaired) electrons. The highest BCUT2D eigenvalue weighted by Gasteiger charge is 2.17. The summed E-state index contributed by atoms with van der Waals surface area (Å²) in [4.78, 5) is 0. The maximum absolute atomic E-state index is 6.14. The molecule has 0 saturated carbocycles. The quantitative estimate of drug-likeness (QED) is 0.240. The van der Waals surface area contributed by atoms with Gasteiger partial charge in [-0.1, -0.05) is 17.3 Å². The van der Waals surface area contributed by atoms with E-state index in [1.165, 1.54) is 0 Å². The molecule has 0 spiro atoms. The van der Waals surface area contributed by atoms with Gasteiger partial charge in [-0.05, 0) is 56.3 Å². The lowest BCUT2D eigenvalue weighted by Gasteiger charge is -2.23. The third-order valence-electron chi connectivity index (χ3n) is 4.70. The van der Waals surface area contributed by atoms with Gasteiger partial charge in [0.15, 0.2) is 11.6 Å². The molecule has 27 heavy (non-hydrogen) atoms. The van der Waals surface area contributed by atoms with Crippen molar-refractivity contribution in [2.24, 2.45) is 16.8 Å². The van der Waals surface area contributed by atoms with Crippen LogP contribution in [0.2, 0.25) is 0 Å². The number of nitrogens with zero attached hydrogens (tertiary/aromatic N) is 2. The Morgan fingerprint density at radius 1 is 1.22 bits per heavy atom. The van der Waals surface area contributed by atoms with Crippen molar-refractivity contribution >= 4 is 16.7 Å². The summed E-state index contributed by atoms with van der Waals surface area (Å²) < 4.78 is 11.7. The molecule has 1 aromatic heterocycles. The standard InChI is InChI=1S/C19H22N6O2/c20-23-19(24-21)13-4-5-17-16(11-13)18(27-25-17)12-2-1-3-15(10-12)26-14-6-8-22-9-7-14/h1-5,10-11,14,22H,6-9,20-21H2,(H,23,24). The number of hydrogen-bond donors (Lipinski definition) is 4. The van der Waals surface area contributed by atoms with Crippen LogP contribution in [0.4, 0.5) is 0 Å². The van der Waals surface area contributed by atoms with Crippen LogP contribution < -0.4 is 27.2 Å². The summed E-state index contributed by atoms with van der Waals surface area (Å²) in [5.74, 6) is 12.7. The lowest BCUT2D eigenvalue weighted by Crippen LogP contribution is -2.34. The van der Waals surface area contributed by atoms with Gasteiger partial charge in [0, 0.05) is 11.1 Å². The van der Waals surface area contributed by atoms with E-state index in [4.69, 9.17) is 20.9 Å². The molecule has 4 rings (SSSR count). The molecule has 8 nitrogen and oxygen atoms in total. The molecular weight excluding hydrogens is 344 g/mol. The number of fused-ring (bicyclic) bond motifs is 1. The van der Waals surface area contributed by atoms with Gasteiger partial charge in [0.05, 0.1) is 5.39 Å². The summed E-state index contributed by atoms with van der Waals surface area (Å²) in [5.41, 5.74) is 4.88. The van der Waals surface area contributed by atoms with E-state index in [2.05, 4.69) is 21.0 Å². The molecule has 1 saturated heterocycles. The predicted octanol–water partition coefficient (Wildman–Crippen LogP) is 1.71. The number of piperidine rings is 1. The Bertz CT molecular complexity index is 962. The number of nitrogens with one attached hydrogen (secondary N) is 2. The maximum atomic E-state index is 6.14. The van der Waals surface area contributed by atoms with E-state index in [9.17, 15) is 0 Å². The summed E-state index contributed by atoms with van der Waals surface area (Å²) in [5, 5.41) is 12.0. The van der Waals surface area contributed by atoms with Crippen molar-refractivity contribution in [1.82, 2.24) is 15.9 Å². The average Bonchev–Trinajstić information content (AvgIpc) is 3.13. The molecule has 1 aliphatic rings. The third-order valence-corrected chi connectivity index (χ3v) is 4.70. The van der Waals surface area contributed by atoms with E-state index in [-0.39, 0.29) is 6.10 Å². The first-order valence-corrected chi connectivity index (χ1v) is 8.90. The molecule has 8 heteroatoms. The highest BCUT2D eigenvalue weighted by atomic mass is 16.5. The number of hydrazine groups is 1. The van der Waals surface area contributed by atoms with Crippen molar-refractivity contribution in [1.29, 1.82) is 0 Å². The van der Waals surface area contributed by atoms with Crippen molar-refractivity contribution in [2.75, 3.05) is 13.1 Å². The highest BCUT2D eigenvalue weighted by Crippen LogP contribution is 2.32. The first-order chi connectivity index (χ1) is 13.3. The molecular formula is C19H22N6O2. The Balaban J connectivity index is 1.67. The molecule has 0 amide bonds. The van der Waals surface area contributed by atoms with Gasteiger partial charge >= 0.3 is 0 Å². The average molecular weight is 366 g/mol. The maximum Gasteiger partial charge on any atom is 0.174 e. The zero-order valence-corrected chi connectivity index (χ0v) is 14.8. The van der Waals surface area contributed by atoms with Crippen LogP contribution in [-0.4, -0.2) is 30.2 Å². The zero-order chi connectivity index (χ0) is 18.6. The molecule has 2 heterocycles. The van der Waals surface area contributed by atoms with Gasteiger partial charge in [0.1, 0.15) is 17.4 Å².